The van der Waals surface area contributed by atoms with Crippen LogP contribution in [0.5, 0.6) is 0 Å². The average Bonchev–Trinajstić information content (AvgIpc) is 2.77. The second kappa shape index (κ2) is 5.75. The first-order valence-electron chi connectivity index (χ1n) is 6.71. The summed E-state index contributed by atoms with van der Waals surface area (Å²) < 4.78 is 33.0. The number of ether oxygens (including phenoxy) is 1. The molecule has 2 rings (SSSR count). The average molecular weight is 313 g/mol. The van der Waals surface area contributed by atoms with Gasteiger partial charge in [0.2, 0.25) is 10.0 Å². The van der Waals surface area contributed by atoms with Gasteiger partial charge in [-0.1, -0.05) is 0 Å². The normalized spacial score (nSPS) is 22.4. The minimum absolute atomic E-state index is 0.0130. The van der Waals surface area contributed by atoms with Gasteiger partial charge >= 0.3 is 5.97 Å². The zero-order valence-corrected chi connectivity index (χ0v) is 13.0. The lowest BCUT2D eigenvalue weighted by Gasteiger charge is -2.18. The number of sulfonamides is 1. The molecule has 1 heterocycles. The number of carboxylic acids is 1. The van der Waals surface area contributed by atoms with Gasteiger partial charge in [0.1, 0.15) is 0 Å². The summed E-state index contributed by atoms with van der Waals surface area (Å²) in [5, 5.41) is 9.08. The van der Waals surface area contributed by atoms with Crippen LogP contribution < -0.4 is 4.72 Å². The lowest BCUT2D eigenvalue weighted by Crippen LogP contribution is -2.39. The van der Waals surface area contributed by atoms with Gasteiger partial charge in [-0.25, -0.2) is 17.9 Å². The summed E-state index contributed by atoms with van der Waals surface area (Å²) in [5.74, 6) is -1.15. The molecule has 7 heteroatoms. The van der Waals surface area contributed by atoms with E-state index >= 15 is 0 Å². The van der Waals surface area contributed by atoms with Crippen molar-refractivity contribution in [1.82, 2.24) is 4.72 Å². The van der Waals surface area contributed by atoms with Crippen molar-refractivity contribution < 1.29 is 23.1 Å². The Hall–Kier alpha value is -1.44. The topological polar surface area (TPSA) is 92.7 Å². The molecule has 6 nitrogen and oxygen atoms in total. The lowest BCUT2D eigenvalue weighted by atomic mass is 10.1. The number of nitrogens with one attached hydrogen (secondary N) is 1. The Labute approximate surface area is 124 Å². The van der Waals surface area contributed by atoms with Gasteiger partial charge in [0.05, 0.1) is 22.6 Å². The van der Waals surface area contributed by atoms with Crippen molar-refractivity contribution in [2.45, 2.75) is 44.2 Å². The maximum atomic E-state index is 12.5. The fraction of sp³-hybridized carbons (Fsp3) is 0.500. The van der Waals surface area contributed by atoms with Crippen LogP contribution in [0.4, 0.5) is 0 Å². The van der Waals surface area contributed by atoms with Crippen LogP contribution in [0.1, 0.15) is 34.8 Å². The first-order valence-corrected chi connectivity index (χ1v) is 8.19. The third-order valence-corrected chi connectivity index (χ3v) is 5.46. The maximum absolute atomic E-state index is 12.5. The lowest BCUT2D eigenvalue weighted by molar-refractivity contribution is 0.0696. The molecular formula is C14H19NO5S. The molecule has 1 fully saturated rings. The molecule has 1 aromatic carbocycles. The van der Waals surface area contributed by atoms with Crippen molar-refractivity contribution in [2.24, 2.45) is 0 Å². The summed E-state index contributed by atoms with van der Waals surface area (Å²) in [6.07, 6.45) is 0.417. The Morgan fingerprint density at radius 2 is 2.05 bits per heavy atom. The van der Waals surface area contributed by atoms with Gasteiger partial charge in [-0.15, -0.1) is 0 Å². The van der Waals surface area contributed by atoms with Crippen molar-refractivity contribution in [3.8, 4) is 0 Å². The molecule has 21 heavy (non-hydrogen) atoms. The summed E-state index contributed by atoms with van der Waals surface area (Å²) in [6, 6.07) is 2.38. The van der Waals surface area contributed by atoms with Crippen LogP contribution in [0.15, 0.2) is 17.0 Å². The van der Waals surface area contributed by atoms with Gasteiger partial charge in [-0.3, -0.25) is 0 Å². The van der Waals surface area contributed by atoms with Crippen LogP contribution in [0, 0.1) is 13.8 Å². The van der Waals surface area contributed by atoms with Crippen molar-refractivity contribution in [1.29, 1.82) is 0 Å². The molecule has 0 amide bonds. The molecule has 0 bridgehead atoms. The van der Waals surface area contributed by atoms with E-state index in [9.17, 15) is 13.2 Å². The summed E-state index contributed by atoms with van der Waals surface area (Å²) in [5.41, 5.74) is 1.15. The number of hydrogen-bond donors (Lipinski definition) is 2. The minimum Gasteiger partial charge on any atom is -0.478 e. The summed E-state index contributed by atoms with van der Waals surface area (Å²) in [6.45, 7) is 5.69. The minimum atomic E-state index is -3.78. The fourth-order valence-corrected chi connectivity index (χ4v) is 4.06. The predicted octanol–water partition coefficient (Wildman–Crippen LogP) is 1.46. The summed E-state index contributed by atoms with van der Waals surface area (Å²) in [4.78, 5) is 11.1. The molecule has 1 aromatic rings. The number of aromatic carboxylic acids is 1. The monoisotopic (exact) mass is 313 g/mol. The summed E-state index contributed by atoms with van der Waals surface area (Å²) >= 11 is 0. The second-order valence-electron chi connectivity index (χ2n) is 5.31. The van der Waals surface area contributed by atoms with Crippen molar-refractivity contribution in [2.75, 3.05) is 6.61 Å². The molecule has 1 aliphatic heterocycles. The van der Waals surface area contributed by atoms with Gasteiger partial charge < -0.3 is 9.84 Å². The van der Waals surface area contributed by atoms with Crippen LogP contribution >= 0.6 is 0 Å². The van der Waals surface area contributed by atoms with Crippen LogP contribution in [0.25, 0.3) is 0 Å². The van der Waals surface area contributed by atoms with E-state index < -0.39 is 16.0 Å². The van der Waals surface area contributed by atoms with Crippen molar-refractivity contribution in [3.05, 3.63) is 28.8 Å². The molecule has 1 saturated heterocycles. The van der Waals surface area contributed by atoms with E-state index in [1.165, 1.54) is 12.1 Å². The van der Waals surface area contributed by atoms with E-state index in [1.807, 2.05) is 6.92 Å². The number of benzene rings is 1. The molecule has 2 atom stereocenters. The van der Waals surface area contributed by atoms with Gasteiger partial charge in [0.25, 0.3) is 0 Å². The van der Waals surface area contributed by atoms with Crippen LogP contribution in [-0.4, -0.2) is 38.2 Å². The molecule has 0 aliphatic carbocycles. The van der Waals surface area contributed by atoms with Gasteiger partial charge in [0, 0.05) is 6.61 Å². The van der Waals surface area contributed by atoms with Crippen LogP contribution in [-0.2, 0) is 14.8 Å². The van der Waals surface area contributed by atoms with Crippen molar-refractivity contribution in [3.63, 3.8) is 0 Å². The molecule has 2 unspecified atom stereocenters. The van der Waals surface area contributed by atoms with Gasteiger partial charge in [0.15, 0.2) is 0 Å². The Morgan fingerprint density at radius 3 is 2.57 bits per heavy atom. The molecule has 0 saturated carbocycles. The molecule has 1 aliphatic rings. The Balaban J connectivity index is 2.41. The highest BCUT2D eigenvalue weighted by molar-refractivity contribution is 7.89. The highest BCUT2D eigenvalue weighted by atomic mass is 32.2. The summed E-state index contributed by atoms with van der Waals surface area (Å²) in [7, 11) is -3.78. The first-order chi connectivity index (χ1) is 9.72. The third-order valence-electron chi connectivity index (χ3n) is 3.84. The number of carbonyl (C=O) groups is 1. The zero-order chi connectivity index (χ0) is 15.8. The molecule has 0 aromatic heterocycles. The Kier molecular flexibility index (Phi) is 4.36. The third kappa shape index (κ3) is 3.25. The predicted molar refractivity (Wildman–Crippen MR) is 77.0 cm³/mol. The highest BCUT2D eigenvalue weighted by Gasteiger charge is 2.30. The van der Waals surface area contributed by atoms with Crippen LogP contribution in [0.2, 0.25) is 0 Å². The number of rotatable bonds is 4. The second-order valence-corrected chi connectivity index (χ2v) is 7.00. The Morgan fingerprint density at radius 1 is 1.38 bits per heavy atom. The molecule has 0 radical (unpaired) electrons. The standard InChI is InChI=1S/C14H19NO5S/c1-8-6-11(14(16)17)7-13(9(8)2)21(18,19)15-12-4-5-20-10(12)3/h6-7,10,12,15H,4-5H2,1-3H3,(H,16,17). The van der Waals surface area contributed by atoms with E-state index in [0.29, 0.717) is 24.2 Å². The molecular weight excluding hydrogens is 294 g/mol. The number of aryl methyl sites for hydroxylation is 1. The SMILES string of the molecule is Cc1cc(C(=O)O)cc(S(=O)(=O)NC2CCOC2C)c1C. The van der Waals surface area contributed by atoms with Gasteiger partial charge in [-0.05, 0) is 50.5 Å². The molecule has 116 valence electrons. The molecule has 2 N–H and O–H groups in total. The quantitative estimate of drug-likeness (QED) is 0.878. The van der Waals surface area contributed by atoms with Crippen molar-refractivity contribution >= 4 is 16.0 Å². The maximum Gasteiger partial charge on any atom is 0.335 e. The highest BCUT2D eigenvalue weighted by Crippen LogP contribution is 2.23. The van der Waals surface area contributed by atoms with Crippen LogP contribution in [0.3, 0.4) is 0 Å². The van der Waals surface area contributed by atoms with E-state index in [0.717, 1.165) is 0 Å². The first kappa shape index (κ1) is 15.9. The largest absolute Gasteiger partial charge is 0.478 e. The number of carboxylic acid groups (broad SMARTS) is 1. The van der Waals surface area contributed by atoms with E-state index in [4.69, 9.17) is 9.84 Å². The molecule has 0 spiro atoms. The fourth-order valence-electron chi connectivity index (χ4n) is 2.38. The smallest absolute Gasteiger partial charge is 0.335 e. The van der Waals surface area contributed by atoms with E-state index in [2.05, 4.69) is 4.72 Å². The Bertz CT molecular complexity index is 668. The number of hydrogen-bond acceptors (Lipinski definition) is 4. The zero-order valence-electron chi connectivity index (χ0n) is 12.2. The van der Waals surface area contributed by atoms with Gasteiger partial charge in [-0.2, -0.15) is 0 Å². The van der Waals surface area contributed by atoms with E-state index in [1.54, 1.807) is 13.8 Å². The van der Waals surface area contributed by atoms with E-state index in [-0.39, 0.29) is 22.6 Å².